The Morgan fingerprint density at radius 1 is 1.07 bits per heavy atom. The molecule has 3 N–H and O–H groups in total. The monoisotopic (exact) mass is 362 g/mol. The van der Waals surface area contributed by atoms with Crippen molar-refractivity contribution >= 4 is 23.2 Å². The number of primary amides is 1. The van der Waals surface area contributed by atoms with Gasteiger partial charge in [0, 0.05) is 18.4 Å². The van der Waals surface area contributed by atoms with Crippen LogP contribution in [0.15, 0.2) is 65.8 Å². The van der Waals surface area contributed by atoms with Gasteiger partial charge in [-0.25, -0.2) is 0 Å². The second kappa shape index (κ2) is 6.87. The summed E-state index contributed by atoms with van der Waals surface area (Å²) in [4.78, 5) is 24.5. The Morgan fingerprint density at radius 3 is 2.30 bits per heavy atom. The quantitative estimate of drug-likeness (QED) is 0.823. The zero-order chi connectivity index (χ0) is 18.9. The van der Waals surface area contributed by atoms with E-state index in [1.165, 1.54) is 5.56 Å². The number of para-hydroxylation sites is 1. The standard InChI is InChI=1S/C21H22N4O2/c22-19(26)18-13-17(24-25(18)16-9-5-2-6-10-16)20(27)23-14-21(11-12-21)15-7-3-1-4-8-15/h1-10,18H,11-14H2,(H2,22,26)(H,23,27)/t18-/m0/s1. The SMILES string of the molecule is NC(=O)[C@@H]1CC(C(=O)NCC2(c3ccccc3)CC2)=NN1c1ccccc1. The molecule has 1 aliphatic heterocycles. The largest absolute Gasteiger partial charge is 0.368 e. The summed E-state index contributed by atoms with van der Waals surface area (Å²) in [6, 6.07) is 18.9. The number of nitrogens with zero attached hydrogens (tertiary/aromatic N) is 2. The molecule has 27 heavy (non-hydrogen) atoms. The highest BCUT2D eigenvalue weighted by atomic mass is 16.2. The molecule has 0 saturated heterocycles. The van der Waals surface area contributed by atoms with Crippen LogP contribution in [-0.4, -0.2) is 30.1 Å². The van der Waals surface area contributed by atoms with Gasteiger partial charge in [-0.3, -0.25) is 14.6 Å². The van der Waals surface area contributed by atoms with Crippen molar-refractivity contribution in [2.75, 3.05) is 11.6 Å². The van der Waals surface area contributed by atoms with Crippen molar-refractivity contribution in [3.05, 3.63) is 66.2 Å². The van der Waals surface area contributed by atoms with Crippen LogP contribution >= 0.6 is 0 Å². The summed E-state index contributed by atoms with van der Waals surface area (Å²) in [5.74, 6) is -0.727. The molecule has 0 bridgehead atoms. The number of anilines is 1. The number of benzene rings is 2. The van der Waals surface area contributed by atoms with Gasteiger partial charge in [-0.1, -0.05) is 48.5 Å². The van der Waals surface area contributed by atoms with E-state index in [-0.39, 0.29) is 17.7 Å². The highest BCUT2D eigenvalue weighted by molar-refractivity contribution is 6.40. The highest BCUT2D eigenvalue weighted by Crippen LogP contribution is 2.47. The van der Waals surface area contributed by atoms with Gasteiger partial charge in [0.2, 0.25) is 5.91 Å². The lowest BCUT2D eigenvalue weighted by Gasteiger charge is -2.20. The molecule has 0 aromatic heterocycles. The molecule has 0 spiro atoms. The fraction of sp³-hybridized carbons (Fsp3) is 0.286. The number of rotatable bonds is 6. The third-order valence-electron chi connectivity index (χ3n) is 5.35. The van der Waals surface area contributed by atoms with Crippen molar-refractivity contribution in [3.8, 4) is 0 Å². The van der Waals surface area contributed by atoms with Crippen molar-refractivity contribution in [1.82, 2.24) is 5.32 Å². The maximum atomic E-state index is 12.7. The van der Waals surface area contributed by atoms with E-state index in [0.717, 1.165) is 18.5 Å². The molecule has 1 saturated carbocycles. The number of nitrogens with one attached hydrogen (secondary N) is 1. The molecule has 2 aliphatic rings. The lowest BCUT2D eigenvalue weighted by atomic mass is 9.96. The molecule has 1 heterocycles. The fourth-order valence-electron chi connectivity index (χ4n) is 3.55. The third-order valence-corrected chi connectivity index (χ3v) is 5.35. The summed E-state index contributed by atoms with van der Waals surface area (Å²) >= 11 is 0. The van der Waals surface area contributed by atoms with Crippen LogP contribution < -0.4 is 16.1 Å². The smallest absolute Gasteiger partial charge is 0.267 e. The molecule has 2 amide bonds. The summed E-state index contributed by atoms with van der Waals surface area (Å²) in [5.41, 5.74) is 7.89. The van der Waals surface area contributed by atoms with Crippen molar-refractivity contribution in [2.24, 2.45) is 10.8 Å². The normalized spacial score (nSPS) is 20.1. The van der Waals surface area contributed by atoms with Gasteiger partial charge in [-0.2, -0.15) is 5.10 Å². The highest BCUT2D eigenvalue weighted by Gasteiger charge is 2.44. The minimum atomic E-state index is -0.642. The van der Waals surface area contributed by atoms with Crippen molar-refractivity contribution in [1.29, 1.82) is 0 Å². The number of amides is 2. The Bertz CT molecular complexity index is 876. The van der Waals surface area contributed by atoms with Crippen molar-refractivity contribution in [2.45, 2.75) is 30.7 Å². The molecule has 1 aliphatic carbocycles. The lowest BCUT2D eigenvalue weighted by Crippen LogP contribution is -2.40. The second-order valence-corrected chi connectivity index (χ2v) is 7.18. The predicted molar refractivity (Wildman–Crippen MR) is 104 cm³/mol. The van der Waals surface area contributed by atoms with Crippen LogP contribution in [0.2, 0.25) is 0 Å². The van der Waals surface area contributed by atoms with Gasteiger partial charge >= 0.3 is 0 Å². The first-order chi connectivity index (χ1) is 13.1. The van der Waals surface area contributed by atoms with E-state index >= 15 is 0 Å². The first-order valence-corrected chi connectivity index (χ1v) is 9.14. The zero-order valence-electron chi connectivity index (χ0n) is 15.0. The number of carbonyl (C=O) groups is 2. The summed E-state index contributed by atoms with van der Waals surface area (Å²) in [6.07, 6.45) is 2.34. The van der Waals surface area contributed by atoms with Gasteiger partial charge in [0.15, 0.2) is 0 Å². The van der Waals surface area contributed by atoms with E-state index in [0.29, 0.717) is 12.3 Å². The average molecular weight is 362 g/mol. The Morgan fingerprint density at radius 2 is 1.70 bits per heavy atom. The van der Waals surface area contributed by atoms with Crippen LogP contribution in [0, 0.1) is 0 Å². The molecular weight excluding hydrogens is 340 g/mol. The molecule has 138 valence electrons. The number of hydrogen-bond donors (Lipinski definition) is 2. The minimum Gasteiger partial charge on any atom is -0.368 e. The molecular formula is C21H22N4O2. The third kappa shape index (κ3) is 3.43. The molecule has 6 nitrogen and oxygen atoms in total. The van der Waals surface area contributed by atoms with Crippen molar-refractivity contribution < 1.29 is 9.59 Å². The first-order valence-electron chi connectivity index (χ1n) is 9.14. The van der Waals surface area contributed by atoms with Crippen LogP contribution in [-0.2, 0) is 15.0 Å². The van der Waals surface area contributed by atoms with Crippen LogP contribution in [0.1, 0.15) is 24.8 Å². The number of hydrogen-bond acceptors (Lipinski definition) is 4. The molecule has 1 atom stereocenters. The fourth-order valence-corrected chi connectivity index (χ4v) is 3.55. The van der Waals surface area contributed by atoms with Gasteiger partial charge in [-0.15, -0.1) is 0 Å². The maximum Gasteiger partial charge on any atom is 0.267 e. The van der Waals surface area contributed by atoms with Crippen LogP contribution in [0.25, 0.3) is 0 Å². The molecule has 1 fully saturated rings. The van der Waals surface area contributed by atoms with Crippen LogP contribution in [0.4, 0.5) is 5.69 Å². The molecule has 0 unspecified atom stereocenters. The topological polar surface area (TPSA) is 87.8 Å². The maximum absolute atomic E-state index is 12.7. The summed E-state index contributed by atoms with van der Waals surface area (Å²) in [7, 11) is 0. The molecule has 4 rings (SSSR count). The van der Waals surface area contributed by atoms with Gasteiger partial charge in [0.1, 0.15) is 11.8 Å². The predicted octanol–water partition coefficient (Wildman–Crippen LogP) is 1.95. The van der Waals surface area contributed by atoms with Crippen LogP contribution in [0.5, 0.6) is 0 Å². The summed E-state index contributed by atoms with van der Waals surface area (Å²) in [6.45, 7) is 0.571. The Labute approximate surface area is 158 Å². The summed E-state index contributed by atoms with van der Waals surface area (Å²) in [5, 5.41) is 8.94. The van der Waals surface area contributed by atoms with E-state index in [2.05, 4.69) is 22.6 Å². The minimum absolute atomic E-state index is 0.0261. The van der Waals surface area contributed by atoms with E-state index in [4.69, 9.17) is 5.73 Å². The van der Waals surface area contributed by atoms with Crippen molar-refractivity contribution in [3.63, 3.8) is 0 Å². The van der Waals surface area contributed by atoms with E-state index in [1.54, 1.807) is 5.01 Å². The van der Waals surface area contributed by atoms with Gasteiger partial charge < -0.3 is 11.1 Å². The zero-order valence-corrected chi connectivity index (χ0v) is 15.0. The second-order valence-electron chi connectivity index (χ2n) is 7.18. The van der Waals surface area contributed by atoms with Crippen LogP contribution in [0.3, 0.4) is 0 Å². The molecule has 0 radical (unpaired) electrons. The molecule has 6 heteroatoms. The van der Waals surface area contributed by atoms with Gasteiger partial charge in [0.05, 0.1) is 5.69 Å². The van der Waals surface area contributed by atoms with Gasteiger partial charge in [0.25, 0.3) is 5.91 Å². The Balaban J connectivity index is 1.47. The Hall–Kier alpha value is -3.15. The molecule has 2 aromatic carbocycles. The molecule has 2 aromatic rings. The average Bonchev–Trinajstić information content (AvgIpc) is 3.36. The number of nitrogens with two attached hydrogens (primary N) is 1. The summed E-state index contributed by atoms with van der Waals surface area (Å²) < 4.78 is 0. The van der Waals surface area contributed by atoms with E-state index in [1.807, 2.05) is 48.5 Å². The lowest BCUT2D eigenvalue weighted by molar-refractivity contribution is -0.119. The van der Waals surface area contributed by atoms with E-state index in [9.17, 15) is 9.59 Å². The number of hydrazone groups is 1. The Kier molecular flexibility index (Phi) is 4.39. The first kappa shape index (κ1) is 17.3. The number of carbonyl (C=O) groups excluding carboxylic acids is 2. The van der Waals surface area contributed by atoms with E-state index < -0.39 is 11.9 Å². The van der Waals surface area contributed by atoms with Gasteiger partial charge in [-0.05, 0) is 30.5 Å².